The van der Waals surface area contributed by atoms with E-state index < -0.39 is 0 Å². The molecule has 3 aromatic rings. The Morgan fingerprint density at radius 2 is 1.92 bits per heavy atom. The normalized spacial score (nSPS) is 12.9. The molecule has 4 heteroatoms. The van der Waals surface area contributed by atoms with Gasteiger partial charge in [-0.05, 0) is 54.4 Å². The largest absolute Gasteiger partial charge is 0.326 e. The fourth-order valence-electron chi connectivity index (χ4n) is 4.11. The van der Waals surface area contributed by atoms with Crippen LogP contribution in [0, 0.1) is 13.8 Å². The summed E-state index contributed by atoms with van der Waals surface area (Å²) in [7, 11) is 2.01. The second kappa shape index (κ2) is 6.51. The number of aryl methyl sites for hydroxylation is 3. The Morgan fingerprint density at radius 1 is 1.20 bits per heavy atom. The molecule has 1 aromatic carbocycles. The van der Waals surface area contributed by atoms with E-state index in [1.807, 2.05) is 31.8 Å². The lowest BCUT2D eigenvalue weighted by Gasteiger charge is -2.19. The molecular formula is C21H27N3O. The van der Waals surface area contributed by atoms with E-state index in [4.69, 9.17) is 0 Å². The van der Waals surface area contributed by atoms with Crippen LogP contribution in [0.5, 0.6) is 0 Å². The van der Waals surface area contributed by atoms with Gasteiger partial charge >= 0.3 is 0 Å². The monoisotopic (exact) mass is 337 g/mol. The van der Waals surface area contributed by atoms with E-state index in [1.54, 1.807) is 6.07 Å². The van der Waals surface area contributed by atoms with E-state index in [1.165, 1.54) is 27.6 Å². The number of fused-ring (bicyclic) bond motifs is 1. The second-order valence-electron chi connectivity index (χ2n) is 7.46. The van der Waals surface area contributed by atoms with Crippen LogP contribution in [0.1, 0.15) is 60.6 Å². The highest BCUT2D eigenvalue weighted by Gasteiger charge is 2.18. The van der Waals surface area contributed by atoms with E-state index >= 15 is 0 Å². The van der Waals surface area contributed by atoms with Crippen LogP contribution in [0.15, 0.2) is 29.2 Å². The minimum atomic E-state index is -0.0266. The predicted molar refractivity (Wildman–Crippen MR) is 103 cm³/mol. The molecule has 0 spiro atoms. The van der Waals surface area contributed by atoms with Crippen molar-refractivity contribution in [2.75, 3.05) is 0 Å². The van der Waals surface area contributed by atoms with Gasteiger partial charge in [-0.25, -0.2) is 0 Å². The van der Waals surface area contributed by atoms with Crippen LogP contribution in [0.3, 0.4) is 0 Å². The van der Waals surface area contributed by atoms with Crippen molar-refractivity contribution in [3.05, 3.63) is 62.7 Å². The van der Waals surface area contributed by atoms with Crippen molar-refractivity contribution in [1.82, 2.24) is 14.8 Å². The molecule has 1 unspecified atom stereocenters. The van der Waals surface area contributed by atoms with Gasteiger partial charge in [-0.15, -0.1) is 0 Å². The number of pyridine rings is 1. The van der Waals surface area contributed by atoms with Crippen molar-refractivity contribution in [2.24, 2.45) is 7.05 Å². The molecule has 0 aliphatic heterocycles. The number of rotatable bonds is 4. The SMILES string of the molecule is Cc1cc(=O)[nH]c(C)c1C(C)Cc1ccc(C(C)C)c2cnn(C)c12. The summed E-state index contributed by atoms with van der Waals surface area (Å²) >= 11 is 0. The Kier molecular flexibility index (Phi) is 4.55. The highest BCUT2D eigenvalue weighted by molar-refractivity contribution is 5.86. The van der Waals surface area contributed by atoms with Crippen LogP contribution in [0.4, 0.5) is 0 Å². The van der Waals surface area contributed by atoms with E-state index in [-0.39, 0.29) is 5.56 Å². The zero-order chi connectivity index (χ0) is 18.3. The molecule has 0 radical (unpaired) electrons. The van der Waals surface area contributed by atoms with E-state index in [0.717, 1.165) is 17.7 Å². The lowest BCUT2D eigenvalue weighted by molar-refractivity contribution is 0.730. The summed E-state index contributed by atoms with van der Waals surface area (Å²) in [5.41, 5.74) is 7.11. The van der Waals surface area contributed by atoms with E-state index in [0.29, 0.717) is 11.8 Å². The first kappa shape index (κ1) is 17.5. The van der Waals surface area contributed by atoms with Crippen LogP contribution in [0.2, 0.25) is 0 Å². The van der Waals surface area contributed by atoms with Crippen molar-refractivity contribution in [1.29, 1.82) is 0 Å². The first-order valence-electron chi connectivity index (χ1n) is 8.93. The minimum Gasteiger partial charge on any atom is -0.326 e. The third kappa shape index (κ3) is 3.13. The summed E-state index contributed by atoms with van der Waals surface area (Å²) in [6.07, 6.45) is 2.90. The lowest BCUT2D eigenvalue weighted by Crippen LogP contribution is -2.13. The van der Waals surface area contributed by atoms with Crippen LogP contribution in [-0.4, -0.2) is 14.8 Å². The van der Waals surface area contributed by atoms with E-state index in [9.17, 15) is 4.79 Å². The molecule has 2 aromatic heterocycles. The number of aromatic nitrogens is 3. The zero-order valence-corrected chi connectivity index (χ0v) is 16.0. The molecule has 4 nitrogen and oxygen atoms in total. The number of benzene rings is 1. The summed E-state index contributed by atoms with van der Waals surface area (Å²) < 4.78 is 1.98. The van der Waals surface area contributed by atoms with Crippen molar-refractivity contribution in [2.45, 2.75) is 52.9 Å². The first-order chi connectivity index (χ1) is 11.8. The lowest BCUT2D eigenvalue weighted by atomic mass is 9.88. The highest BCUT2D eigenvalue weighted by Crippen LogP contribution is 2.32. The van der Waals surface area contributed by atoms with Gasteiger partial charge in [0.2, 0.25) is 5.56 Å². The third-order valence-corrected chi connectivity index (χ3v) is 5.15. The zero-order valence-electron chi connectivity index (χ0n) is 16.0. The molecule has 3 rings (SSSR count). The number of hydrogen-bond donors (Lipinski definition) is 1. The number of nitrogens with one attached hydrogen (secondary N) is 1. The maximum Gasteiger partial charge on any atom is 0.248 e. The molecule has 0 saturated heterocycles. The summed E-state index contributed by atoms with van der Waals surface area (Å²) in [4.78, 5) is 14.6. The first-order valence-corrected chi connectivity index (χ1v) is 8.93. The van der Waals surface area contributed by atoms with Crippen LogP contribution < -0.4 is 5.56 Å². The topological polar surface area (TPSA) is 50.7 Å². The fourth-order valence-corrected chi connectivity index (χ4v) is 4.11. The predicted octanol–water partition coefficient (Wildman–Crippen LogP) is 4.35. The van der Waals surface area contributed by atoms with E-state index in [2.05, 4.69) is 43.0 Å². The summed E-state index contributed by atoms with van der Waals surface area (Å²) in [6, 6.07) is 6.18. The molecule has 0 bridgehead atoms. The fraction of sp³-hybridized carbons (Fsp3) is 0.429. The molecule has 1 N–H and O–H groups in total. The van der Waals surface area contributed by atoms with Gasteiger partial charge in [-0.3, -0.25) is 9.48 Å². The molecule has 0 aliphatic rings. The Balaban J connectivity index is 2.06. The maximum absolute atomic E-state index is 11.7. The molecule has 0 fully saturated rings. The van der Waals surface area contributed by atoms with Crippen molar-refractivity contribution in [3.8, 4) is 0 Å². The summed E-state index contributed by atoms with van der Waals surface area (Å²) in [5.74, 6) is 0.793. The van der Waals surface area contributed by atoms with Crippen LogP contribution in [0.25, 0.3) is 10.9 Å². The number of H-pyrrole nitrogens is 1. The van der Waals surface area contributed by atoms with Crippen LogP contribution >= 0.6 is 0 Å². The number of aromatic amines is 1. The van der Waals surface area contributed by atoms with Crippen LogP contribution in [-0.2, 0) is 13.5 Å². The molecule has 1 atom stereocenters. The van der Waals surface area contributed by atoms with Gasteiger partial charge in [0, 0.05) is 24.2 Å². The van der Waals surface area contributed by atoms with Crippen molar-refractivity contribution >= 4 is 10.9 Å². The standard InChI is InChI=1S/C21H27N3O/c1-12(2)17-8-7-16(21-18(17)11-22-24(21)6)9-13(3)20-14(4)10-19(25)23-15(20)5/h7-8,10-13H,9H2,1-6H3,(H,23,25). The summed E-state index contributed by atoms with van der Waals surface area (Å²) in [6.45, 7) is 10.7. The number of nitrogens with zero attached hydrogens (tertiary/aromatic N) is 2. The highest BCUT2D eigenvalue weighted by atomic mass is 16.1. The molecule has 0 saturated carbocycles. The number of hydrogen-bond acceptors (Lipinski definition) is 2. The second-order valence-corrected chi connectivity index (χ2v) is 7.46. The average molecular weight is 337 g/mol. The van der Waals surface area contributed by atoms with Gasteiger partial charge in [-0.2, -0.15) is 5.10 Å². The average Bonchev–Trinajstić information content (AvgIpc) is 2.88. The minimum absolute atomic E-state index is 0.0266. The van der Waals surface area contributed by atoms with Crippen molar-refractivity contribution in [3.63, 3.8) is 0 Å². The Hall–Kier alpha value is -2.36. The van der Waals surface area contributed by atoms with Gasteiger partial charge in [0.25, 0.3) is 0 Å². The van der Waals surface area contributed by atoms with Gasteiger partial charge in [-0.1, -0.05) is 32.9 Å². The van der Waals surface area contributed by atoms with Gasteiger partial charge in [0.05, 0.1) is 11.7 Å². The molecule has 2 heterocycles. The third-order valence-electron chi connectivity index (χ3n) is 5.15. The molecule has 0 aliphatic carbocycles. The smallest absolute Gasteiger partial charge is 0.248 e. The quantitative estimate of drug-likeness (QED) is 0.769. The Morgan fingerprint density at radius 3 is 2.56 bits per heavy atom. The van der Waals surface area contributed by atoms with Crippen molar-refractivity contribution < 1.29 is 0 Å². The van der Waals surface area contributed by atoms with Gasteiger partial charge in [0.15, 0.2) is 0 Å². The molecule has 25 heavy (non-hydrogen) atoms. The Labute approximate surface area is 148 Å². The molecule has 132 valence electrons. The Bertz CT molecular complexity index is 952. The maximum atomic E-state index is 11.7. The van der Waals surface area contributed by atoms with Gasteiger partial charge in [0.1, 0.15) is 0 Å². The molecular weight excluding hydrogens is 310 g/mol. The summed E-state index contributed by atoms with van der Waals surface area (Å²) in [5, 5.41) is 5.74. The molecule has 0 amide bonds. The van der Waals surface area contributed by atoms with Gasteiger partial charge < -0.3 is 4.98 Å².